The van der Waals surface area contributed by atoms with Gasteiger partial charge in [-0.1, -0.05) is 91.6 Å². The van der Waals surface area contributed by atoms with E-state index in [0.717, 1.165) is 13.0 Å². The first kappa shape index (κ1) is 88.3. The lowest BCUT2D eigenvalue weighted by Crippen LogP contribution is -2.61. The molecule has 1 aromatic heterocycles. The van der Waals surface area contributed by atoms with Gasteiger partial charge in [0.1, 0.15) is 60.1 Å². The van der Waals surface area contributed by atoms with Crippen LogP contribution in [0.4, 0.5) is 0 Å². The second-order valence-corrected chi connectivity index (χ2v) is 28.6. The Hall–Kier alpha value is -10.6. The van der Waals surface area contributed by atoms with Crippen LogP contribution >= 0.6 is 23.2 Å². The summed E-state index contributed by atoms with van der Waals surface area (Å²) in [7, 11) is 3.94. The summed E-state index contributed by atoms with van der Waals surface area (Å²) in [5.74, 6) is -8.82. The molecular weight excluding hydrogens is 1460 g/mol. The number of aromatic hydroxyl groups is 1. The van der Waals surface area contributed by atoms with Gasteiger partial charge in [0.2, 0.25) is 65.0 Å². The number of phenols is 1. The van der Waals surface area contributed by atoms with Crippen LogP contribution in [0.5, 0.6) is 5.75 Å². The van der Waals surface area contributed by atoms with Crippen molar-refractivity contribution in [1.29, 1.82) is 0 Å². The summed E-state index contributed by atoms with van der Waals surface area (Å²) in [6.45, 7) is 7.77. The van der Waals surface area contributed by atoms with Crippen LogP contribution in [0.3, 0.4) is 0 Å². The number of nitrogens with two attached hydrogens (primary N) is 3. The number of fused-ring (bicyclic) bond motifs is 1. The summed E-state index contributed by atoms with van der Waals surface area (Å²) in [4.78, 5) is 172. The predicted molar refractivity (Wildman–Crippen MR) is 420 cm³/mol. The summed E-state index contributed by atoms with van der Waals surface area (Å²) >= 11 is 12.4. The van der Waals surface area contributed by atoms with Crippen LogP contribution in [-0.4, -0.2) is 223 Å². The van der Waals surface area contributed by atoms with Gasteiger partial charge in [0.25, 0.3) is 0 Å². The lowest BCUT2D eigenvalue weighted by atomic mass is 10.00. The maximum atomic E-state index is 15.2. The number of H-pyrrole nitrogens is 1. The van der Waals surface area contributed by atoms with Crippen molar-refractivity contribution < 1.29 is 63.0 Å². The first-order chi connectivity index (χ1) is 52.5. The van der Waals surface area contributed by atoms with E-state index in [2.05, 4.69) is 78.4 Å². The molecule has 11 amide bonds. The Morgan fingerprint density at radius 2 is 1.07 bits per heavy atom. The number of primary amides is 1. The Kier molecular flexibility index (Phi) is 36.5. The molecular formula is C76H107Cl2N19O13. The minimum Gasteiger partial charge on any atom is -0.508 e. The third kappa shape index (κ3) is 30.1. The number of aliphatic imine (C=N–C) groups is 2. The highest BCUT2D eigenvalue weighted by Crippen LogP contribution is 2.23. The number of guanidine groups is 2. The van der Waals surface area contributed by atoms with Crippen LogP contribution in [0.15, 0.2) is 113 Å². The number of para-hydroxylation sites is 1. The number of amides is 11. The van der Waals surface area contributed by atoms with E-state index in [4.69, 9.17) is 40.4 Å². The van der Waals surface area contributed by atoms with Crippen LogP contribution < -0.4 is 75.7 Å². The molecule has 1 saturated heterocycles. The maximum absolute atomic E-state index is 15.2. The van der Waals surface area contributed by atoms with E-state index in [0.29, 0.717) is 81.6 Å². The van der Waals surface area contributed by atoms with Crippen molar-refractivity contribution in [3.05, 3.63) is 136 Å². The molecule has 0 aliphatic carbocycles. The minimum absolute atomic E-state index is 0.00181. The average molecular weight is 1570 g/mol. The van der Waals surface area contributed by atoms with Gasteiger partial charge in [-0.05, 0) is 156 Å². The maximum Gasteiger partial charge on any atom is 0.245 e. The molecule has 598 valence electrons. The number of rotatable bonds is 44. The Morgan fingerprint density at radius 1 is 0.582 bits per heavy atom. The number of aliphatic hydroxyl groups excluding tert-OH is 1. The fraction of sp³-hybridized carbons (Fsp3) is 0.487. The van der Waals surface area contributed by atoms with Crippen LogP contribution in [0, 0.1) is 5.92 Å². The highest BCUT2D eigenvalue weighted by Gasteiger charge is 2.40. The van der Waals surface area contributed by atoms with Crippen molar-refractivity contribution in [3.63, 3.8) is 0 Å². The first-order valence-corrected chi connectivity index (χ1v) is 37.7. The first-order valence-electron chi connectivity index (χ1n) is 36.9. The van der Waals surface area contributed by atoms with E-state index in [1.54, 1.807) is 79.0 Å². The van der Waals surface area contributed by atoms with E-state index in [1.807, 2.05) is 34.9 Å². The molecule has 0 radical (unpaired) electrons. The molecule has 0 bridgehead atoms. The van der Waals surface area contributed by atoms with Gasteiger partial charge in [0, 0.05) is 92.5 Å². The minimum atomic E-state index is -1.83. The number of hydrogen-bond donors (Lipinski definition) is 17. The second kappa shape index (κ2) is 45.4. The fourth-order valence-electron chi connectivity index (χ4n) is 12.4. The van der Waals surface area contributed by atoms with Gasteiger partial charge in [0.15, 0.2) is 11.9 Å². The molecule has 1 aliphatic heterocycles. The van der Waals surface area contributed by atoms with Crippen molar-refractivity contribution in [2.75, 3.05) is 66.5 Å². The Bertz CT molecular complexity index is 3950. The van der Waals surface area contributed by atoms with E-state index < -0.39 is 133 Å². The zero-order valence-corrected chi connectivity index (χ0v) is 64.6. The van der Waals surface area contributed by atoms with Gasteiger partial charge >= 0.3 is 0 Å². The molecule has 5 aromatic rings. The van der Waals surface area contributed by atoms with Gasteiger partial charge in [-0.15, -0.1) is 0 Å². The van der Waals surface area contributed by atoms with Crippen molar-refractivity contribution in [2.24, 2.45) is 33.1 Å². The Morgan fingerprint density at radius 3 is 1.62 bits per heavy atom. The summed E-state index contributed by atoms with van der Waals surface area (Å²) < 4.78 is 0. The number of benzene rings is 4. The van der Waals surface area contributed by atoms with Gasteiger partial charge < -0.3 is 101 Å². The highest BCUT2D eigenvalue weighted by atomic mass is 35.5. The number of aromatic amines is 1. The van der Waals surface area contributed by atoms with Crippen molar-refractivity contribution in [3.8, 4) is 5.75 Å². The van der Waals surface area contributed by atoms with Crippen molar-refractivity contribution in [2.45, 2.75) is 166 Å². The van der Waals surface area contributed by atoms with E-state index in [1.165, 1.54) is 36.1 Å². The number of hydrogen-bond acceptors (Lipinski definition) is 16. The number of likely N-dealkylation sites (tertiary alicyclic amines) is 1. The summed E-state index contributed by atoms with van der Waals surface area (Å²) in [6, 6.07) is 13.3. The van der Waals surface area contributed by atoms with Gasteiger partial charge in [-0.3, -0.25) is 62.7 Å². The van der Waals surface area contributed by atoms with Crippen LogP contribution in [0.25, 0.3) is 10.9 Å². The normalized spacial score (nSPS) is 15.0. The zero-order chi connectivity index (χ0) is 80.4. The predicted octanol–water partition coefficient (Wildman–Crippen LogP) is 0.711. The van der Waals surface area contributed by atoms with Gasteiger partial charge in [0.05, 0.1) is 13.2 Å². The number of halogens is 2. The smallest absolute Gasteiger partial charge is 0.245 e. The fourth-order valence-corrected chi connectivity index (χ4v) is 12.7. The lowest BCUT2D eigenvalue weighted by Gasteiger charge is -2.30. The molecule has 9 atom stereocenters. The number of nitrogens with zero attached hydrogens (tertiary/aromatic N) is 4. The number of carbonyl (C=O) groups is 11. The van der Waals surface area contributed by atoms with E-state index in [-0.39, 0.29) is 94.9 Å². The lowest BCUT2D eigenvalue weighted by molar-refractivity contribution is -0.142. The zero-order valence-electron chi connectivity index (χ0n) is 63.1. The summed E-state index contributed by atoms with van der Waals surface area (Å²) in [5.41, 5.74) is 19.3. The third-order valence-corrected chi connectivity index (χ3v) is 18.5. The van der Waals surface area contributed by atoms with Crippen LogP contribution in [-0.2, 0) is 78.4 Å². The number of phenolic OH excluding ortho intramolecular Hbond substituents is 1. The largest absolute Gasteiger partial charge is 0.508 e. The molecule has 6 rings (SSSR count). The highest BCUT2D eigenvalue weighted by molar-refractivity contribution is 6.30. The summed E-state index contributed by atoms with van der Waals surface area (Å²) in [5, 5.41) is 53.8. The number of aliphatic hydroxyl groups is 1. The average Bonchev–Trinajstić information content (AvgIpc) is 1.62. The van der Waals surface area contributed by atoms with Crippen molar-refractivity contribution >= 4 is 111 Å². The van der Waals surface area contributed by atoms with Gasteiger partial charge in [-0.25, -0.2) is 0 Å². The quantitative estimate of drug-likeness (QED) is 0.0145. The molecule has 0 unspecified atom stereocenters. The van der Waals surface area contributed by atoms with Crippen LogP contribution in [0.2, 0.25) is 10.0 Å². The number of unbranched alkanes of at least 4 members (excludes halogenated alkanes) is 1. The molecule has 0 saturated carbocycles. The molecule has 1 fully saturated rings. The van der Waals surface area contributed by atoms with E-state index >= 15 is 14.4 Å². The third-order valence-electron chi connectivity index (χ3n) is 18.0. The molecule has 0 spiro atoms. The SMILES string of the molecule is CCNC(=NCCCN(C)C)NCCCC[C@@H](NC(=O)[C@H](Cc1ccc(O)cc1)NC(=O)[C@H](CO)NC(=O)[C@@H](Cc1c[nH]c2ccccc12)NC(=O)[C@@H](Cc1ccc(Cl)cc1)NC(=O)[C@@H](Cc1ccc(Cl)cc1)NC(C)=O)C(=O)N[C@@H](CC(C)C)C(=O)N[C@@H](CCCN=C(N)N)C(=O)N1CCC[C@H]1C(=O)NCC(N)=O. The Balaban J connectivity index is 1.31. The topological polar surface area (TPSA) is 486 Å². The molecule has 34 heteroatoms. The molecule has 1 aliphatic rings. The molecule has 4 aromatic carbocycles. The number of nitrogens with one attached hydrogen (secondary N) is 12. The number of carbonyl (C=O) groups excluding carboxylic acids is 11. The molecule has 20 N–H and O–H groups in total. The monoisotopic (exact) mass is 1560 g/mol. The van der Waals surface area contributed by atoms with E-state index in [9.17, 15) is 48.6 Å². The van der Waals surface area contributed by atoms with Crippen molar-refractivity contribution in [1.82, 2.24) is 73.3 Å². The molecule has 110 heavy (non-hydrogen) atoms. The molecule has 32 nitrogen and oxygen atoms in total. The molecule has 2 heterocycles. The van der Waals surface area contributed by atoms with Gasteiger partial charge in [-0.2, -0.15) is 0 Å². The second-order valence-electron chi connectivity index (χ2n) is 27.8. The summed E-state index contributed by atoms with van der Waals surface area (Å²) in [6.07, 6.45) is 3.31. The standard InChI is InChI=1S/C76H107Cl2N19O13/c1-7-82-76(85-34-14-35-96(5)6)84-32-11-10-17-56(66(102)91-58(37-45(2)3)67(103)90-57(18-12-33-83-75(80)81)74(110)97-36-13-19-64(97)73(109)87-43-65(79)101)89-69(105)60(40-49-24-30-53(100)31-25-49)93-72(108)63(44-98)95-71(107)62(41-50-42-86-55-16-9-8-15-54(50)55)94-70(106)61(39-48-22-28-52(78)29-23-48)92-68(104)59(88-46(4)99)38-47-20-26-51(77)27-21-47/h8-9,15-16,20-31,42,45,56-64,86,98,100H,7,10-14,17-19,32-41,43-44H2,1-6H3,(H2,79,101)(H,87,109)(H,88,99)(H,89,105)(H,90,103)(H,91,102)(H,92,104)(H,93,108)(H,94,106)(H,95,107)(H4,80,81,83)(H2,82,84,85)/t56-,57+,58+,59-,60+,61-,62-,63+,64+/m1/s1. The Labute approximate surface area is 650 Å². The van der Waals surface area contributed by atoms with Crippen LogP contribution in [0.1, 0.15) is 108 Å². The number of aromatic nitrogens is 1.